The Kier molecular flexibility index (Phi) is 8.55. The summed E-state index contributed by atoms with van der Waals surface area (Å²) in [6, 6.07) is 14.0. The molecule has 0 fully saturated rings. The number of rotatable bonds is 11. The van der Waals surface area contributed by atoms with Gasteiger partial charge in [-0.2, -0.15) is 4.98 Å². The Morgan fingerprint density at radius 2 is 1.84 bits per heavy atom. The summed E-state index contributed by atoms with van der Waals surface area (Å²) < 4.78 is 5.24. The summed E-state index contributed by atoms with van der Waals surface area (Å²) in [6.07, 6.45) is 3.33. The van der Waals surface area contributed by atoms with Crippen LogP contribution in [-0.4, -0.2) is 58.7 Å². The predicted octanol–water partition coefficient (Wildman–Crippen LogP) is 3.79. The van der Waals surface area contributed by atoms with Gasteiger partial charge in [0.05, 0.1) is 13.1 Å². The van der Waals surface area contributed by atoms with Crippen molar-refractivity contribution < 1.29 is 14.1 Å². The molecule has 1 aromatic heterocycles. The number of hydrazine groups is 1. The fourth-order valence-electron chi connectivity index (χ4n) is 4.53. The van der Waals surface area contributed by atoms with Gasteiger partial charge >= 0.3 is 0 Å². The second-order valence-corrected chi connectivity index (χ2v) is 10.00. The number of benzene rings is 2. The largest absolute Gasteiger partial charge is 0.355 e. The number of hydrogen-bond acceptors (Lipinski definition) is 7. The Bertz CT molecular complexity index is 1190. The van der Waals surface area contributed by atoms with Crippen LogP contribution in [0.5, 0.6) is 0 Å². The molecule has 3 aromatic rings. The van der Waals surface area contributed by atoms with Crippen LogP contribution in [0.1, 0.15) is 43.4 Å². The predicted molar refractivity (Wildman–Crippen MR) is 142 cm³/mol. The maximum absolute atomic E-state index is 13.5. The van der Waals surface area contributed by atoms with Gasteiger partial charge in [0.25, 0.3) is 11.8 Å². The summed E-state index contributed by atoms with van der Waals surface area (Å²) in [5.74, 6) is 0.768. The van der Waals surface area contributed by atoms with Crippen molar-refractivity contribution in [3.05, 3.63) is 65.5 Å². The van der Waals surface area contributed by atoms with Crippen molar-refractivity contribution in [2.24, 2.45) is 5.92 Å². The zero-order valence-electron chi connectivity index (χ0n) is 22.1. The third-order valence-corrected chi connectivity index (χ3v) is 6.71. The molecule has 2 amide bonds. The lowest BCUT2D eigenvalue weighted by atomic mass is 10.1. The Labute approximate surface area is 218 Å². The summed E-state index contributed by atoms with van der Waals surface area (Å²) in [7, 11) is 1.79. The first kappa shape index (κ1) is 26.3. The molecule has 9 nitrogen and oxygen atoms in total. The number of carbonyl (C=O) groups excluding carboxylic acids is 2. The van der Waals surface area contributed by atoms with E-state index in [-0.39, 0.29) is 24.9 Å². The Morgan fingerprint density at radius 3 is 2.49 bits per heavy atom. The van der Waals surface area contributed by atoms with Crippen LogP contribution < -0.4 is 10.2 Å². The van der Waals surface area contributed by atoms with Crippen molar-refractivity contribution in [1.82, 2.24) is 25.5 Å². The summed E-state index contributed by atoms with van der Waals surface area (Å²) in [6.45, 7) is 8.40. The molecule has 0 unspecified atom stereocenters. The molecule has 0 saturated heterocycles. The van der Waals surface area contributed by atoms with E-state index < -0.39 is 0 Å². The molecule has 2 aromatic carbocycles. The van der Waals surface area contributed by atoms with Gasteiger partial charge in [0.2, 0.25) is 5.91 Å². The molecule has 0 saturated carbocycles. The minimum absolute atomic E-state index is 0.0525. The fourth-order valence-corrected chi connectivity index (χ4v) is 4.53. The number of nitrogens with one attached hydrogen (secondary N) is 1. The number of amides is 2. The topological polar surface area (TPSA) is 94.8 Å². The smallest absolute Gasteiger partial charge is 0.257 e. The molecule has 37 heavy (non-hydrogen) atoms. The minimum Gasteiger partial charge on any atom is -0.355 e. The number of likely N-dealkylation sites (N-methyl/N-ethyl adjacent to an activating group) is 1. The van der Waals surface area contributed by atoms with E-state index in [0.717, 1.165) is 29.7 Å². The Balaban J connectivity index is 1.50. The second-order valence-electron chi connectivity index (χ2n) is 10.00. The Morgan fingerprint density at radius 1 is 1.11 bits per heavy atom. The van der Waals surface area contributed by atoms with E-state index in [1.807, 2.05) is 47.2 Å². The van der Waals surface area contributed by atoms with Gasteiger partial charge in [0.15, 0.2) is 6.33 Å². The highest BCUT2D eigenvalue weighted by Gasteiger charge is 2.27. The second kappa shape index (κ2) is 12.0. The van der Waals surface area contributed by atoms with Crippen LogP contribution in [0.3, 0.4) is 0 Å². The van der Waals surface area contributed by atoms with Gasteiger partial charge in [0.1, 0.15) is 0 Å². The zero-order valence-corrected chi connectivity index (χ0v) is 22.1. The normalized spacial score (nSPS) is 13.0. The third kappa shape index (κ3) is 6.74. The Hall–Kier alpha value is -3.72. The summed E-state index contributed by atoms with van der Waals surface area (Å²) in [4.78, 5) is 32.4. The number of anilines is 1. The first-order chi connectivity index (χ1) is 17.8. The number of aromatic nitrogens is 2. The van der Waals surface area contributed by atoms with E-state index in [1.54, 1.807) is 12.1 Å². The van der Waals surface area contributed by atoms with Crippen molar-refractivity contribution in [2.75, 3.05) is 31.6 Å². The van der Waals surface area contributed by atoms with Crippen molar-refractivity contribution in [1.29, 1.82) is 0 Å². The molecule has 1 aliphatic rings. The van der Waals surface area contributed by atoms with E-state index in [0.29, 0.717) is 31.4 Å². The molecular weight excluding hydrogens is 468 g/mol. The van der Waals surface area contributed by atoms with E-state index in [4.69, 9.17) is 4.52 Å². The number of fused-ring (bicyclic) bond motifs is 1. The van der Waals surface area contributed by atoms with Gasteiger partial charge in [-0.1, -0.05) is 49.3 Å². The minimum atomic E-state index is -0.115. The van der Waals surface area contributed by atoms with Crippen LogP contribution in [-0.2, 0) is 22.7 Å². The zero-order chi connectivity index (χ0) is 26.4. The van der Waals surface area contributed by atoms with Gasteiger partial charge in [-0.3, -0.25) is 14.6 Å². The maximum atomic E-state index is 13.5. The van der Waals surface area contributed by atoms with E-state index >= 15 is 0 Å². The van der Waals surface area contributed by atoms with Gasteiger partial charge in [-0.15, -0.1) is 0 Å². The number of hydrogen-bond donors (Lipinski definition) is 1. The SMILES string of the molecule is Cc1ccc(-c2ncno2)cc1N(CC(=O)NCCCC(C)C)CC(=O)N(C)N1Cc2ccccc2C1. The monoisotopic (exact) mass is 504 g/mol. The van der Waals surface area contributed by atoms with Crippen LogP contribution in [0, 0.1) is 12.8 Å². The third-order valence-electron chi connectivity index (χ3n) is 6.71. The van der Waals surface area contributed by atoms with Crippen LogP contribution in [0.15, 0.2) is 53.3 Å². The van der Waals surface area contributed by atoms with Crippen LogP contribution in [0.4, 0.5) is 5.69 Å². The molecule has 0 atom stereocenters. The van der Waals surface area contributed by atoms with Gasteiger partial charge < -0.3 is 14.7 Å². The first-order valence-corrected chi connectivity index (χ1v) is 12.8. The average Bonchev–Trinajstić information content (AvgIpc) is 3.56. The molecule has 1 N–H and O–H groups in total. The molecule has 0 aliphatic carbocycles. The molecule has 1 aliphatic heterocycles. The van der Waals surface area contributed by atoms with E-state index in [9.17, 15) is 9.59 Å². The summed E-state index contributed by atoms with van der Waals surface area (Å²) >= 11 is 0. The van der Waals surface area contributed by atoms with Gasteiger partial charge in [0, 0.05) is 37.9 Å². The summed E-state index contributed by atoms with van der Waals surface area (Å²) in [5.41, 5.74) is 4.90. The van der Waals surface area contributed by atoms with Crippen molar-refractivity contribution in [3.63, 3.8) is 0 Å². The lowest BCUT2D eigenvalue weighted by molar-refractivity contribution is -0.145. The molecule has 0 spiro atoms. The molecule has 0 radical (unpaired) electrons. The average molecular weight is 505 g/mol. The van der Waals surface area contributed by atoms with E-state index in [2.05, 4.69) is 41.4 Å². The number of nitrogens with zero attached hydrogens (tertiary/aromatic N) is 5. The lowest BCUT2D eigenvalue weighted by Crippen LogP contribution is -2.48. The quantitative estimate of drug-likeness (QED) is 0.397. The number of aryl methyl sites for hydroxylation is 1. The fraction of sp³-hybridized carbons (Fsp3) is 0.429. The van der Waals surface area contributed by atoms with Crippen molar-refractivity contribution in [2.45, 2.75) is 46.7 Å². The standard InChI is InChI=1S/C28H36N6O3/c1-20(2)8-7-13-29-26(35)17-33(25-14-22(12-11-21(25)3)28-30-19-31-37-28)18-27(36)32(4)34-15-23-9-5-6-10-24(23)16-34/h5-6,9-12,14,19-20H,7-8,13,15-18H2,1-4H3,(H,29,35). The highest BCUT2D eigenvalue weighted by molar-refractivity contribution is 5.87. The highest BCUT2D eigenvalue weighted by Crippen LogP contribution is 2.28. The lowest BCUT2D eigenvalue weighted by Gasteiger charge is -2.32. The van der Waals surface area contributed by atoms with Gasteiger partial charge in [-0.25, -0.2) is 5.01 Å². The molecule has 9 heteroatoms. The molecule has 2 heterocycles. The summed E-state index contributed by atoms with van der Waals surface area (Å²) in [5, 5.41) is 10.4. The maximum Gasteiger partial charge on any atom is 0.257 e. The van der Waals surface area contributed by atoms with Crippen LogP contribution in [0.2, 0.25) is 0 Å². The van der Waals surface area contributed by atoms with Crippen molar-refractivity contribution >= 4 is 17.5 Å². The van der Waals surface area contributed by atoms with Gasteiger partial charge in [-0.05, 0) is 54.5 Å². The van der Waals surface area contributed by atoms with Crippen molar-refractivity contribution in [3.8, 4) is 11.5 Å². The van der Waals surface area contributed by atoms with E-state index in [1.165, 1.54) is 17.5 Å². The molecular formula is C28H36N6O3. The number of carbonyl (C=O) groups is 2. The molecule has 196 valence electrons. The molecule has 0 bridgehead atoms. The van der Waals surface area contributed by atoms with Crippen LogP contribution >= 0.6 is 0 Å². The molecule has 4 rings (SSSR count). The first-order valence-electron chi connectivity index (χ1n) is 12.8. The van der Waals surface area contributed by atoms with Crippen LogP contribution in [0.25, 0.3) is 11.5 Å². The highest BCUT2D eigenvalue weighted by atomic mass is 16.5.